The average Bonchev–Trinajstić information content (AvgIpc) is 2.88. The van der Waals surface area contributed by atoms with Gasteiger partial charge in [0.05, 0.1) is 0 Å². The van der Waals surface area contributed by atoms with E-state index in [4.69, 9.17) is 4.74 Å². The predicted molar refractivity (Wildman–Crippen MR) is 87.0 cm³/mol. The molecule has 0 bridgehead atoms. The summed E-state index contributed by atoms with van der Waals surface area (Å²) >= 11 is -2.44. The summed E-state index contributed by atoms with van der Waals surface area (Å²) in [6.07, 6.45) is 0. The summed E-state index contributed by atoms with van der Waals surface area (Å²) < 4.78 is 8.22. The first kappa shape index (κ1) is 14.4. The Bertz CT molecular complexity index is 734. The van der Waals surface area contributed by atoms with Crippen LogP contribution in [0, 0.1) is 0 Å². The number of hydrogen-bond donors (Lipinski definition) is 0. The molecule has 0 spiro atoms. The van der Waals surface area contributed by atoms with Crippen LogP contribution in [0.5, 0.6) is 5.75 Å². The van der Waals surface area contributed by atoms with Gasteiger partial charge < -0.3 is 0 Å². The van der Waals surface area contributed by atoms with Crippen LogP contribution in [-0.2, 0) is 0 Å². The Morgan fingerprint density at radius 3 is 2.33 bits per heavy atom. The van der Waals surface area contributed by atoms with Crippen molar-refractivity contribution in [2.45, 2.75) is 19.1 Å². The van der Waals surface area contributed by atoms with E-state index < -0.39 is 18.4 Å². The van der Waals surface area contributed by atoms with Gasteiger partial charge in [-0.3, -0.25) is 0 Å². The molecule has 4 nitrogen and oxygen atoms in total. The first-order chi connectivity index (χ1) is 10.1. The number of para-hydroxylation sites is 2. The van der Waals surface area contributed by atoms with Gasteiger partial charge in [-0.15, -0.1) is 0 Å². The second kappa shape index (κ2) is 5.67. The van der Waals surface area contributed by atoms with Crippen molar-refractivity contribution in [1.29, 1.82) is 0 Å². The SMILES string of the molecule is [CH3][Sn]([CH3])([CH3])[CH](Oc1ccccc1)n1nnc2ccccc21. The van der Waals surface area contributed by atoms with Gasteiger partial charge in [0.25, 0.3) is 0 Å². The van der Waals surface area contributed by atoms with E-state index in [0.29, 0.717) is 0 Å². The van der Waals surface area contributed by atoms with Crippen LogP contribution in [0.2, 0.25) is 14.8 Å². The number of ether oxygens (including phenoxy) is 1. The molecule has 1 heterocycles. The summed E-state index contributed by atoms with van der Waals surface area (Å²) in [5, 5.41) is 8.61. The Morgan fingerprint density at radius 2 is 1.62 bits per heavy atom. The minimum absolute atomic E-state index is 0.0194. The molecule has 108 valence electrons. The van der Waals surface area contributed by atoms with E-state index in [-0.39, 0.29) is 4.24 Å². The van der Waals surface area contributed by atoms with Gasteiger partial charge in [-0.1, -0.05) is 0 Å². The molecule has 0 radical (unpaired) electrons. The number of rotatable bonds is 4. The van der Waals surface area contributed by atoms with Gasteiger partial charge in [-0.25, -0.2) is 0 Å². The summed E-state index contributed by atoms with van der Waals surface area (Å²) in [6, 6.07) is 18.0. The molecule has 0 amide bonds. The first-order valence-corrected chi connectivity index (χ1v) is 17.3. The van der Waals surface area contributed by atoms with Crippen LogP contribution in [0.15, 0.2) is 54.6 Å². The molecule has 3 aromatic rings. The molecule has 0 saturated carbocycles. The summed E-state index contributed by atoms with van der Waals surface area (Å²) in [6.45, 7) is 0. The van der Waals surface area contributed by atoms with E-state index in [0.717, 1.165) is 16.8 Å². The zero-order valence-corrected chi connectivity index (χ0v) is 15.4. The van der Waals surface area contributed by atoms with E-state index in [1.807, 2.05) is 59.3 Å². The number of hydrogen-bond acceptors (Lipinski definition) is 3. The molecule has 3 rings (SSSR count). The zero-order valence-electron chi connectivity index (χ0n) is 12.5. The van der Waals surface area contributed by atoms with Gasteiger partial charge in [-0.2, -0.15) is 0 Å². The van der Waals surface area contributed by atoms with Crippen molar-refractivity contribution in [1.82, 2.24) is 15.0 Å². The maximum absolute atomic E-state index is 6.29. The van der Waals surface area contributed by atoms with Crippen molar-refractivity contribution < 1.29 is 4.74 Å². The Hall–Kier alpha value is -1.56. The molecular formula is C16H19N3OSn. The molecule has 1 aromatic heterocycles. The molecule has 2 aromatic carbocycles. The average molecular weight is 388 g/mol. The summed E-state index contributed by atoms with van der Waals surface area (Å²) in [4.78, 5) is 7.04. The number of fused-ring (bicyclic) bond motifs is 1. The molecule has 0 aliphatic rings. The monoisotopic (exact) mass is 389 g/mol. The van der Waals surface area contributed by atoms with Crippen LogP contribution >= 0.6 is 0 Å². The Morgan fingerprint density at radius 1 is 0.952 bits per heavy atom. The quantitative estimate of drug-likeness (QED) is 0.637. The van der Waals surface area contributed by atoms with Crippen molar-refractivity contribution in [3.05, 3.63) is 54.6 Å². The van der Waals surface area contributed by atoms with E-state index in [9.17, 15) is 0 Å². The molecule has 0 N–H and O–H groups in total. The topological polar surface area (TPSA) is 39.9 Å². The fourth-order valence-corrected chi connectivity index (χ4v) is 6.32. The van der Waals surface area contributed by atoms with Gasteiger partial charge in [0.15, 0.2) is 0 Å². The zero-order chi connectivity index (χ0) is 14.9. The third kappa shape index (κ3) is 3.05. The Kier molecular flexibility index (Phi) is 3.88. The second-order valence-electron chi connectivity index (χ2n) is 6.17. The van der Waals surface area contributed by atoms with E-state index >= 15 is 0 Å². The summed E-state index contributed by atoms with van der Waals surface area (Å²) in [7, 11) is 0. The fraction of sp³-hybridized carbons (Fsp3) is 0.250. The molecule has 21 heavy (non-hydrogen) atoms. The van der Waals surface area contributed by atoms with Crippen molar-refractivity contribution in [2.75, 3.05) is 0 Å². The van der Waals surface area contributed by atoms with Gasteiger partial charge in [0, 0.05) is 0 Å². The van der Waals surface area contributed by atoms with Gasteiger partial charge in [0.1, 0.15) is 0 Å². The predicted octanol–water partition coefficient (Wildman–Crippen LogP) is 3.89. The fourth-order valence-electron chi connectivity index (χ4n) is 2.28. The molecule has 0 fully saturated rings. The molecule has 1 unspecified atom stereocenters. The second-order valence-corrected chi connectivity index (χ2v) is 21.1. The Labute approximate surface area is 128 Å². The van der Waals surface area contributed by atoms with E-state index in [1.165, 1.54) is 0 Å². The van der Waals surface area contributed by atoms with Crippen LogP contribution in [0.3, 0.4) is 0 Å². The van der Waals surface area contributed by atoms with Crippen molar-refractivity contribution >= 4 is 29.4 Å². The van der Waals surface area contributed by atoms with Crippen LogP contribution in [0.4, 0.5) is 0 Å². The van der Waals surface area contributed by atoms with Crippen LogP contribution in [-0.4, -0.2) is 33.4 Å². The minimum atomic E-state index is -2.44. The maximum atomic E-state index is 6.29. The normalized spacial score (nSPS) is 13.3. The molecule has 5 heteroatoms. The van der Waals surface area contributed by atoms with Crippen LogP contribution in [0.1, 0.15) is 4.24 Å². The molecule has 0 aliphatic carbocycles. The molecule has 1 atom stereocenters. The van der Waals surface area contributed by atoms with Crippen molar-refractivity contribution in [3.63, 3.8) is 0 Å². The molecular weight excluding hydrogens is 369 g/mol. The third-order valence-corrected chi connectivity index (χ3v) is 8.59. The van der Waals surface area contributed by atoms with E-state index in [2.05, 4.69) is 25.1 Å². The Balaban J connectivity index is 2.04. The van der Waals surface area contributed by atoms with Gasteiger partial charge in [-0.05, 0) is 0 Å². The van der Waals surface area contributed by atoms with E-state index in [1.54, 1.807) is 0 Å². The third-order valence-electron chi connectivity index (χ3n) is 3.33. The van der Waals surface area contributed by atoms with Crippen LogP contribution in [0.25, 0.3) is 11.0 Å². The summed E-state index contributed by atoms with van der Waals surface area (Å²) in [5.74, 6) is 0.883. The molecule has 0 aliphatic heterocycles. The standard InChI is InChI=1S/C13H10N3O.3CH3.Sn/c1-2-6-11(7-3-1)17-10-16-13-9-5-4-8-12(13)14-15-16;;;;/h1-10H;3*1H3;. The summed E-state index contributed by atoms with van der Waals surface area (Å²) in [5.41, 5.74) is 1.94. The van der Waals surface area contributed by atoms with Gasteiger partial charge in [0.2, 0.25) is 0 Å². The number of aromatic nitrogens is 3. The molecule has 0 saturated heterocycles. The van der Waals surface area contributed by atoms with Crippen molar-refractivity contribution in [3.8, 4) is 5.75 Å². The first-order valence-electron chi connectivity index (χ1n) is 7.07. The van der Waals surface area contributed by atoms with Crippen molar-refractivity contribution in [2.24, 2.45) is 0 Å². The number of benzene rings is 2. The number of nitrogens with zero attached hydrogens (tertiary/aromatic N) is 3. The van der Waals surface area contributed by atoms with Crippen LogP contribution < -0.4 is 4.74 Å². The van der Waals surface area contributed by atoms with Gasteiger partial charge >= 0.3 is 129 Å².